The fourth-order valence-electron chi connectivity index (χ4n) is 1.69. The van der Waals surface area contributed by atoms with Crippen molar-refractivity contribution in [1.82, 2.24) is 10.3 Å². The van der Waals surface area contributed by atoms with Crippen molar-refractivity contribution >= 4 is 22.8 Å². The van der Waals surface area contributed by atoms with Crippen LogP contribution < -0.4 is 10.1 Å². The number of amides is 1. The molecule has 1 heterocycles. The number of hydrogen-bond donors (Lipinski definition) is 2. The van der Waals surface area contributed by atoms with Crippen molar-refractivity contribution in [1.29, 1.82) is 0 Å². The molecule has 0 saturated carbocycles. The summed E-state index contributed by atoms with van der Waals surface area (Å²) in [4.78, 5) is 25.6. The molecule has 2 N–H and O–H groups in total. The fourth-order valence-corrected chi connectivity index (χ4v) is 1.69. The fraction of sp³-hybridized carbons (Fsp3) is 0.231. The number of carbonyl (C=O) groups excluding carboxylic acids is 2. The third kappa shape index (κ3) is 2.51. The predicted octanol–water partition coefficient (Wildman–Crippen LogP) is 1.60. The summed E-state index contributed by atoms with van der Waals surface area (Å²) in [6.07, 6.45) is 1.63. The molecular formula is C13H14N2O3. The minimum absolute atomic E-state index is 0.265. The lowest BCUT2D eigenvalue weighted by molar-refractivity contribution is -0.138. The maximum absolute atomic E-state index is 11.7. The molecule has 5 heteroatoms. The molecule has 5 nitrogen and oxygen atoms in total. The third-order valence-electron chi connectivity index (χ3n) is 2.54. The van der Waals surface area contributed by atoms with Gasteiger partial charge in [-0.3, -0.25) is 4.79 Å². The van der Waals surface area contributed by atoms with Crippen molar-refractivity contribution in [3.63, 3.8) is 0 Å². The maximum atomic E-state index is 11.7. The second kappa shape index (κ2) is 4.91. The second-order valence-corrected chi connectivity index (χ2v) is 4.04. The van der Waals surface area contributed by atoms with Gasteiger partial charge in [-0.15, -0.1) is 0 Å². The van der Waals surface area contributed by atoms with E-state index in [9.17, 15) is 9.59 Å². The van der Waals surface area contributed by atoms with Gasteiger partial charge in [-0.25, -0.2) is 4.79 Å². The summed E-state index contributed by atoms with van der Waals surface area (Å²) in [6, 6.07) is 6.84. The third-order valence-corrected chi connectivity index (χ3v) is 2.54. The first kappa shape index (κ1) is 12.2. The lowest BCUT2D eigenvalue weighted by atomic mass is 10.2. The molecule has 2 rings (SSSR count). The highest BCUT2D eigenvalue weighted by molar-refractivity contribution is 5.90. The number of rotatable bonds is 3. The average Bonchev–Trinajstić information content (AvgIpc) is 2.72. The van der Waals surface area contributed by atoms with E-state index in [1.807, 2.05) is 24.3 Å². The van der Waals surface area contributed by atoms with Gasteiger partial charge >= 0.3 is 5.97 Å². The largest absolute Gasteiger partial charge is 0.423 e. The van der Waals surface area contributed by atoms with Crippen LogP contribution in [0.1, 0.15) is 13.8 Å². The molecule has 1 aromatic carbocycles. The molecule has 0 aliphatic carbocycles. The molecule has 0 radical (unpaired) electrons. The zero-order valence-electron chi connectivity index (χ0n) is 10.2. The molecule has 0 spiro atoms. The number of fused-ring (bicyclic) bond motifs is 1. The Morgan fingerprint density at radius 1 is 1.33 bits per heavy atom. The molecule has 1 aromatic heterocycles. The maximum Gasteiger partial charge on any atom is 0.333 e. The number of esters is 1. The van der Waals surface area contributed by atoms with Crippen molar-refractivity contribution in [2.75, 3.05) is 0 Å². The van der Waals surface area contributed by atoms with E-state index in [1.165, 1.54) is 6.92 Å². The van der Waals surface area contributed by atoms with E-state index in [2.05, 4.69) is 10.3 Å². The second-order valence-electron chi connectivity index (χ2n) is 4.04. The highest BCUT2D eigenvalue weighted by Gasteiger charge is 2.17. The van der Waals surface area contributed by atoms with Gasteiger partial charge in [0.1, 0.15) is 6.04 Å². The number of carbonyl (C=O) groups is 2. The highest BCUT2D eigenvalue weighted by Crippen LogP contribution is 2.25. The van der Waals surface area contributed by atoms with E-state index >= 15 is 0 Å². The van der Waals surface area contributed by atoms with E-state index in [1.54, 1.807) is 13.1 Å². The van der Waals surface area contributed by atoms with Crippen LogP contribution in [0.15, 0.2) is 30.5 Å². The molecule has 1 amide bonds. The van der Waals surface area contributed by atoms with E-state index in [-0.39, 0.29) is 5.91 Å². The van der Waals surface area contributed by atoms with Gasteiger partial charge in [0.2, 0.25) is 5.91 Å². The van der Waals surface area contributed by atoms with Crippen LogP contribution in [0.3, 0.4) is 0 Å². The van der Waals surface area contributed by atoms with Crippen molar-refractivity contribution in [2.45, 2.75) is 19.9 Å². The summed E-state index contributed by atoms with van der Waals surface area (Å²) in [7, 11) is 0. The molecule has 1 atom stereocenters. The van der Waals surface area contributed by atoms with Crippen LogP contribution in [0.2, 0.25) is 0 Å². The van der Waals surface area contributed by atoms with Gasteiger partial charge in [0, 0.05) is 24.0 Å². The van der Waals surface area contributed by atoms with Gasteiger partial charge in [0.25, 0.3) is 0 Å². The van der Waals surface area contributed by atoms with Gasteiger partial charge in [0.15, 0.2) is 5.75 Å². The molecule has 94 valence electrons. The Balaban J connectivity index is 2.14. The van der Waals surface area contributed by atoms with E-state index in [4.69, 9.17) is 4.74 Å². The van der Waals surface area contributed by atoms with Crippen molar-refractivity contribution in [3.8, 4) is 5.75 Å². The number of aromatic nitrogens is 1. The first-order valence-electron chi connectivity index (χ1n) is 5.63. The molecule has 0 bridgehead atoms. The zero-order chi connectivity index (χ0) is 13.1. The quantitative estimate of drug-likeness (QED) is 0.808. The molecule has 0 fully saturated rings. The molecule has 1 unspecified atom stereocenters. The smallest absolute Gasteiger partial charge is 0.333 e. The number of hydrogen-bond acceptors (Lipinski definition) is 3. The molecule has 0 saturated heterocycles. The van der Waals surface area contributed by atoms with Crippen LogP contribution in [0.4, 0.5) is 0 Å². The molecule has 2 aromatic rings. The summed E-state index contributed by atoms with van der Waals surface area (Å²) >= 11 is 0. The lowest BCUT2D eigenvalue weighted by Gasteiger charge is -2.10. The van der Waals surface area contributed by atoms with E-state index in [0.717, 1.165) is 10.9 Å². The van der Waals surface area contributed by atoms with Gasteiger partial charge in [-0.05, 0) is 19.1 Å². The summed E-state index contributed by atoms with van der Waals surface area (Å²) in [6.45, 7) is 2.94. The molecular weight excluding hydrogens is 232 g/mol. The zero-order valence-corrected chi connectivity index (χ0v) is 10.2. The Morgan fingerprint density at radius 2 is 2.06 bits per heavy atom. The summed E-state index contributed by atoms with van der Waals surface area (Å²) in [5.41, 5.74) is 0.896. The minimum atomic E-state index is -0.670. The van der Waals surface area contributed by atoms with Crippen LogP contribution in [-0.4, -0.2) is 22.9 Å². The number of H-pyrrole nitrogens is 1. The number of aromatic amines is 1. The molecule has 18 heavy (non-hydrogen) atoms. The van der Waals surface area contributed by atoms with Gasteiger partial charge in [-0.2, -0.15) is 0 Å². The summed E-state index contributed by atoms with van der Waals surface area (Å²) in [5, 5.41) is 3.31. The highest BCUT2D eigenvalue weighted by atomic mass is 16.5. The Hall–Kier alpha value is -2.30. The Labute approximate surface area is 104 Å². The molecule has 0 aliphatic rings. The topological polar surface area (TPSA) is 71.2 Å². The van der Waals surface area contributed by atoms with E-state index in [0.29, 0.717) is 5.75 Å². The molecule has 0 aliphatic heterocycles. The van der Waals surface area contributed by atoms with Gasteiger partial charge < -0.3 is 15.0 Å². The number of nitrogens with one attached hydrogen (secondary N) is 2. The Bertz CT molecular complexity index is 589. The Morgan fingerprint density at radius 3 is 2.78 bits per heavy atom. The van der Waals surface area contributed by atoms with Crippen molar-refractivity contribution in [2.24, 2.45) is 0 Å². The monoisotopic (exact) mass is 246 g/mol. The standard InChI is InChI=1S/C13H14N2O3/c1-8(15-9(2)16)13(17)18-12-7-14-11-6-4-3-5-10(11)12/h3-8,14H,1-2H3,(H,15,16). The first-order valence-corrected chi connectivity index (χ1v) is 5.63. The van der Waals surface area contributed by atoms with Crippen molar-refractivity contribution in [3.05, 3.63) is 30.5 Å². The van der Waals surface area contributed by atoms with E-state index < -0.39 is 12.0 Å². The van der Waals surface area contributed by atoms with Gasteiger partial charge in [-0.1, -0.05) is 12.1 Å². The summed E-state index contributed by atoms with van der Waals surface area (Å²) in [5.74, 6) is -0.291. The Kier molecular flexibility index (Phi) is 3.32. The number of para-hydroxylation sites is 1. The normalized spacial score (nSPS) is 12.1. The number of benzene rings is 1. The number of ether oxygens (including phenoxy) is 1. The van der Waals surface area contributed by atoms with Crippen LogP contribution in [0.5, 0.6) is 5.75 Å². The van der Waals surface area contributed by atoms with Crippen LogP contribution in [0, 0.1) is 0 Å². The summed E-state index contributed by atoms with van der Waals surface area (Å²) < 4.78 is 5.25. The predicted molar refractivity (Wildman–Crippen MR) is 67.2 cm³/mol. The van der Waals surface area contributed by atoms with Crippen molar-refractivity contribution < 1.29 is 14.3 Å². The lowest BCUT2D eigenvalue weighted by Crippen LogP contribution is -2.39. The average molecular weight is 246 g/mol. The first-order chi connectivity index (χ1) is 8.58. The minimum Gasteiger partial charge on any atom is -0.423 e. The van der Waals surface area contributed by atoms with Gasteiger partial charge in [0.05, 0.1) is 0 Å². The van der Waals surface area contributed by atoms with Crippen LogP contribution in [-0.2, 0) is 9.59 Å². The SMILES string of the molecule is CC(=O)NC(C)C(=O)Oc1c[nH]c2ccccc12. The van der Waals surface area contributed by atoms with Crippen LogP contribution in [0.25, 0.3) is 10.9 Å². The van der Waals surface area contributed by atoms with Crippen LogP contribution >= 0.6 is 0 Å².